The van der Waals surface area contributed by atoms with Gasteiger partial charge >= 0.3 is 0 Å². The van der Waals surface area contributed by atoms with Gasteiger partial charge in [-0.3, -0.25) is 0 Å². The molecule has 0 fully saturated rings. The van der Waals surface area contributed by atoms with E-state index >= 15 is 0 Å². The van der Waals surface area contributed by atoms with Crippen LogP contribution in [0.5, 0.6) is 5.75 Å². The maximum absolute atomic E-state index is 12.6. The van der Waals surface area contributed by atoms with E-state index in [1.807, 2.05) is 36.4 Å². The minimum absolute atomic E-state index is 0.390. The van der Waals surface area contributed by atoms with Gasteiger partial charge in [0.25, 0.3) is 0 Å². The average Bonchev–Trinajstić information content (AvgIpc) is 2.51. The van der Waals surface area contributed by atoms with Crippen molar-refractivity contribution in [1.82, 2.24) is 4.31 Å². The van der Waals surface area contributed by atoms with Gasteiger partial charge in [-0.05, 0) is 35.7 Å². The Kier molecular flexibility index (Phi) is 3.69. The molecule has 0 saturated heterocycles. The van der Waals surface area contributed by atoms with Crippen molar-refractivity contribution in [2.24, 2.45) is 0 Å². The van der Waals surface area contributed by atoms with Crippen LogP contribution in [0.2, 0.25) is 0 Å². The highest BCUT2D eigenvalue weighted by molar-refractivity contribution is 7.89. The van der Waals surface area contributed by atoms with Crippen molar-refractivity contribution in [3.8, 4) is 5.75 Å². The number of methoxy groups -OCH3 is 1. The molecular weight excluding hydrogens is 286 g/mol. The summed E-state index contributed by atoms with van der Waals surface area (Å²) in [5, 5.41) is 0. The van der Waals surface area contributed by atoms with Crippen LogP contribution in [0.25, 0.3) is 0 Å². The molecule has 0 saturated carbocycles. The Bertz CT molecular complexity index is 738. The number of nitrogens with zero attached hydrogens (tertiary/aromatic N) is 1. The van der Waals surface area contributed by atoms with Gasteiger partial charge in [-0.1, -0.05) is 30.3 Å². The number of fused-ring (bicyclic) bond motifs is 1. The molecule has 2 aromatic carbocycles. The van der Waals surface area contributed by atoms with Gasteiger partial charge in [-0.15, -0.1) is 0 Å². The van der Waals surface area contributed by atoms with E-state index in [-0.39, 0.29) is 0 Å². The molecule has 0 N–H and O–H groups in total. The Balaban J connectivity index is 1.87. The molecule has 5 heteroatoms. The first-order chi connectivity index (χ1) is 10.1. The molecule has 1 heterocycles. The van der Waals surface area contributed by atoms with Crippen LogP contribution < -0.4 is 4.74 Å². The Morgan fingerprint density at radius 1 is 1.10 bits per heavy atom. The third kappa shape index (κ3) is 2.66. The van der Waals surface area contributed by atoms with E-state index in [0.29, 0.717) is 18.0 Å². The Morgan fingerprint density at radius 2 is 1.81 bits per heavy atom. The molecule has 0 aromatic heterocycles. The van der Waals surface area contributed by atoms with E-state index in [2.05, 4.69) is 0 Å². The van der Waals surface area contributed by atoms with Crippen LogP contribution in [0.4, 0.5) is 0 Å². The van der Waals surface area contributed by atoms with Crippen LogP contribution in [0.1, 0.15) is 11.1 Å². The first-order valence-corrected chi connectivity index (χ1v) is 8.26. The van der Waals surface area contributed by atoms with Crippen molar-refractivity contribution in [2.45, 2.75) is 17.9 Å². The van der Waals surface area contributed by atoms with Gasteiger partial charge in [-0.2, -0.15) is 4.31 Å². The molecule has 0 atom stereocenters. The van der Waals surface area contributed by atoms with E-state index in [9.17, 15) is 8.42 Å². The lowest BCUT2D eigenvalue weighted by Crippen LogP contribution is -2.36. The summed E-state index contributed by atoms with van der Waals surface area (Å²) in [7, 11) is -1.78. The SMILES string of the molecule is COc1ccc(CN2CCc3ccccc3S2(=O)=O)cc1. The average molecular weight is 303 g/mol. The van der Waals surface area contributed by atoms with E-state index in [4.69, 9.17) is 4.74 Å². The molecule has 3 rings (SSSR count). The van der Waals surface area contributed by atoms with E-state index < -0.39 is 10.0 Å². The second-order valence-electron chi connectivity index (χ2n) is 5.04. The molecule has 2 aromatic rings. The topological polar surface area (TPSA) is 46.6 Å². The molecule has 0 aliphatic carbocycles. The Labute approximate surface area is 125 Å². The number of rotatable bonds is 3. The summed E-state index contributed by atoms with van der Waals surface area (Å²) >= 11 is 0. The zero-order valence-electron chi connectivity index (χ0n) is 11.8. The Hall–Kier alpha value is -1.85. The standard InChI is InChI=1S/C16H17NO3S/c1-20-15-8-6-13(7-9-15)12-17-11-10-14-4-2-3-5-16(14)21(17,18)19/h2-9H,10-12H2,1H3. The minimum atomic E-state index is -3.39. The predicted octanol–water partition coefficient (Wildman–Crippen LogP) is 2.44. The first kappa shape index (κ1) is 14.1. The van der Waals surface area contributed by atoms with Gasteiger partial charge in [0.05, 0.1) is 12.0 Å². The zero-order valence-corrected chi connectivity index (χ0v) is 12.6. The maximum Gasteiger partial charge on any atom is 0.243 e. The van der Waals surface area contributed by atoms with Crippen molar-refractivity contribution < 1.29 is 13.2 Å². The fraction of sp³-hybridized carbons (Fsp3) is 0.250. The lowest BCUT2D eigenvalue weighted by molar-refractivity contribution is 0.395. The summed E-state index contributed by atoms with van der Waals surface area (Å²) < 4.78 is 31.9. The molecule has 4 nitrogen and oxygen atoms in total. The van der Waals surface area contributed by atoms with E-state index in [1.54, 1.807) is 19.2 Å². The maximum atomic E-state index is 12.6. The summed E-state index contributed by atoms with van der Waals surface area (Å²) in [6, 6.07) is 14.7. The molecule has 0 bridgehead atoms. The molecular formula is C16H17NO3S. The normalized spacial score (nSPS) is 17.2. The largest absolute Gasteiger partial charge is 0.497 e. The lowest BCUT2D eigenvalue weighted by atomic mass is 10.1. The highest BCUT2D eigenvalue weighted by Crippen LogP contribution is 2.27. The van der Waals surface area contributed by atoms with Gasteiger partial charge in [-0.25, -0.2) is 8.42 Å². The predicted molar refractivity (Wildman–Crippen MR) is 80.7 cm³/mol. The van der Waals surface area contributed by atoms with E-state index in [0.717, 1.165) is 23.3 Å². The Morgan fingerprint density at radius 3 is 2.52 bits per heavy atom. The first-order valence-electron chi connectivity index (χ1n) is 6.82. The third-order valence-corrected chi connectivity index (χ3v) is 5.68. The van der Waals surface area contributed by atoms with Crippen LogP contribution >= 0.6 is 0 Å². The number of hydrogen-bond acceptors (Lipinski definition) is 3. The van der Waals surface area contributed by atoms with Gasteiger partial charge in [0, 0.05) is 13.1 Å². The number of benzene rings is 2. The minimum Gasteiger partial charge on any atom is -0.497 e. The lowest BCUT2D eigenvalue weighted by Gasteiger charge is -2.28. The highest BCUT2D eigenvalue weighted by atomic mass is 32.2. The van der Waals surface area contributed by atoms with Gasteiger partial charge in [0.15, 0.2) is 0 Å². The summed E-state index contributed by atoms with van der Waals surface area (Å²) in [5.41, 5.74) is 1.86. The highest BCUT2D eigenvalue weighted by Gasteiger charge is 2.30. The number of hydrogen-bond donors (Lipinski definition) is 0. The summed E-state index contributed by atoms with van der Waals surface area (Å²) in [6.07, 6.45) is 0.756. The van der Waals surface area contributed by atoms with Crippen molar-refractivity contribution in [2.75, 3.05) is 13.7 Å². The molecule has 1 aliphatic heterocycles. The van der Waals surface area contributed by atoms with Crippen molar-refractivity contribution in [3.63, 3.8) is 0 Å². The van der Waals surface area contributed by atoms with Crippen LogP contribution in [0.15, 0.2) is 53.4 Å². The zero-order chi connectivity index (χ0) is 14.9. The monoisotopic (exact) mass is 303 g/mol. The number of sulfonamides is 1. The summed E-state index contributed by atoms with van der Waals surface area (Å²) in [4.78, 5) is 0.435. The van der Waals surface area contributed by atoms with Crippen molar-refractivity contribution in [1.29, 1.82) is 0 Å². The van der Waals surface area contributed by atoms with Crippen LogP contribution in [-0.2, 0) is 23.0 Å². The summed E-state index contributed by atoms with van der Waals surface area (Å²) in [6.45, 7) is 0.909. The molecule has 0 unspecified atom stereocenters. The van der Waals surface area contributed by atoms with Gasteiger partial charge in [0.2, 0.25) is 10.0 Å². The van der Waals surface area contributed by atoms with E-state index in [1.165, 1.54) is 4.31 Å². The van der Waals surface area contributed by atoms with Crippen LogP contribution in [-0.4, -0.2) is 26.4 Å². The molecule has 1 aliphatic rings. The fourth-order valence-electron chi connectivity index (χ4n) is 2.57. The smallest absolute Gasteiger partial charge is 0.243 e. The molecule has 110 valence electrons. The van der Waals surface area contributed by atoms with Crippen molar-refractivity contribution >= 4 is 10.0 Å². The third-order valence-electron chi connectivity index (χ3n) is 3.74. The molecule has 0 spiro atoms. The van der Waals surface area contributed by atoms with Gasteiger partial charge in [0.1, 0.15) is 5.75 Å². The van der Waals surface area contributed by atoms with Gasteiger partial charge < -0.3 is 4.74 Å². The second kappa shape index (κ2) is 5.50. The quantitative estimate of drug-likeness (QED) is 0.875. The van der Waals surface area contributed by atoms with Crippen LogP contribution in [0, 0.1) is 0 Å². The summed E-state index contributed by atoms with van der Waals surface area (Å²) in [5.74, 6) is 0.769. The van der Waals surface area contributed by atoms with Crippen LogP contribution in [0.3, 0.4) is 0 Å². The van der Waals surface area contributed by atoms with Crippen molar-refractivity contribution in [3.05, 3.63) is 59.7 Å². The fourth-order valence-corrected chi connectivity index (χ4v) is 4.25. The molecule has 0 amide bonds. The second-order valence-corrected chi connectivity index (χ2v) is 6.95. The molecule has 21 heavy (non-hydrogen) atoms. The molecule has 0 radical (unpaired) electrons. The number of ether oxygens (including phenoxy) is 1.